The molecule has 8 heteroatoms. The summed E-state index contributed by atoms with van der Waals surface area (Å²) in [7, 11) is 3.32. The fraction of sp³-hybridized carbons (Fsp3) is 0.429. The Morgan fingerprint density at radius 1 is 1.47 bits per heavy atom. The molecule has 0 spiro atoms. The molecule has 1 aromatic rings. The highest BCUT2D eigenvalue weighted by atomic mass is 16.6. The third-order valence-electron chi connectivity index (χ3n) is 1.78. The maximum atomic E-state index is 10.8. The van der Waals surface area contributed by atoms with Crippen LogP contribution in [0, 0.1) is 17.0 Å². The van der Waals surface area contributed by atoms with E-state index in [0.29, 0.717) is 0 Å². The first-order valence-corrected chi connectivity index (χ1v) is 4.14. The molecule has 0 saturated carbocycles. The molecular formula is C7H12N6O2. The fourth-order valence-corrected chi connectivity index (χ4v) is 1.14. The van der Waals surface area contributed by atoms with E-state index in [0.717, 1.165) is 0 Å². The average molecular weight is 212 g/mol. The van der Waals surface area contributed by atoms with Gasteiger partial charge in [-0.2, -0.15) is 4.98 Å². The van der Waals surface area contributed by atoms with Crippen LogP contribution in [0.4, 0.5) is 17.5 Å². The van der Waals surface area contributed by atoms with Crippen LogP contribution in [-0.2, 0) is 0 Å². The van der Waals surface area contributed by atoms with E-state index in [-0.39, 0.29) is 23.1 Å². The molecule has 1 heterocycles. The molecule has 82 valence electrons. The van der Waals surface area contributed by atoms with Crippen LogP contribution in [0.3, 0.4) is 0 Å². The van der Waals surface area contributed by atoms with E-state index < -0.39 is 4.92 Å². The maximum Gasteiger partial charge on any atom is 0.332 e. The average Bonchev–Trinajstić information content (AvgIpc) is 2.15. The fourth-order valence-electron chi connectivity index (χ4n) is 1.14. The lowest BCUT2D eigenvalue weighted by Gasteiger charge is -2.13. The van der Waals surface area contributed by atoms with Gasteiger partial charge in [0, 0.05) is 14.1 Å². The standard InChI is InChI=1S/C7H12N6O2/c1-4-5(13(14)15)6(12(2)3)10-7(9-4)11-8/h8H2,1-3H3,(H,9,10,11). The van der Waals surface area contributed by atoms with Gasteiger partial charge >= 0.3 is 5.69 Å². The van der Waals surface area contributed by atoms with Crippen molar-refractivity contribution in [1.82, 2.24) is 9.97 Å². The number of aromatic nitrogens is 2. The van der Waals surface area contributed by atoms with Gasteiger partial charge in [-0.3, -0.25) is 15.5 Å². The number of nitrogens with two attached hydrogens (primary N) is 1. The normalized spacial score (nSPS) is 9.87. The summed E-state index contributed by atoms with van der Waals surface area (Å²) in [5.41, 5.74) is 2.42. The van der Waals surface area contributed by atoms with Crippen molar-refractivity contribution >= 4 is 17.5 Å². The summed E-state index contributed by atoms with van der Waals surface area (Å²) in [4.78, 5) is 19.6. The molecule has 0 bridgehead atoms. The van der Waals surface area contributed by atoms with Crippen molar-refractivity contribution in [2.45, 2.75) is 6.92 Å². The molecule has 0 aliphatic heterocycles. The van der Waals surface area contributed by atoms with Crippen molar-refractivity contribution in [3.63, 3.8) is 0 Å². The first kappa shape index (κ1) is 11.1. The molecule has 1 aromatic heterocycles. The summed E-state index contributed by atoms with van der Waals surface area (Å²) in [5.74, 6) is 5.53. The highest BCUT2D eigenvalue weighted by molar-refractivity contribution is 5.61. The van der Waals surface area contributed by atoms with Gasteiger partial charge in [-0.1, -0.05) is 0 Å². The summed E-state index contributed by atoms with van der Waals surface area (Å²) >= 11 is 0. The number of nitrogen functional groups attached to an aromatic ring is 1. The second-order valence-corrected chi connectivity index (χ2v) is 3.10. The van der Waals surface area contributed by atoms with E-state index in [1.165, 1.54) is 11.8 Å². The third kappa shape index (κ3) is 2.10. The number of nitrogens with one attached hydrogen (secondary N) is 1. The molecule has 15 heavy (non-hydrogen) atoms. The SMILES string of the molecule is Cc1nc(NN)nc(N(C)C)c1[N+](=O)[O-]. The predicted octanol–water partition coefficient (Wildman–Crippen LogP) is 0.0448. The van der Waals surface area contributed by atoms with E-state index >= 15 is 0 Å². The minimum atomic E-state index is -0.509. The molecule has 0 aliphatic rings. The van der Waals surface area contributed by atoms with Gasteiger partial charge in [0.2, 0.25) is 11.8 Å². The van der Waals surface area contributed by atoms with Crippen LogP contribution < -0.4 is 16.2 Å². The first-order valence-electron chi connectivity index (χ1n) is 4.14. The number of rotatable bonds is 3. The Labute approximate surface area is 86.2 Å². The lowest BCUT2D eigenvalue weighted by molar-refractivity contribution is -0.385. The molecular weight excluding hydrogens is 200 g/mol. The van der Waals surface area contributed by atoms with Crippen molar-refractivity contribution < 1.29 is 4.92 Å². The molecule has 0 radical (unpaired) electrons. The van der Waals surface area contributed by atoms with Crippen molar-refractivity contribution in [1.29, 1.82) is 0 Å². The van der Waals surface area contributed by atoms with Crippen LogP contribution in [0.2, 0.25) is 0 Å². The van der Waals surface area contributed by atoms with Gasteiger partial charge in [-0.15, -0.1) is 0 Å². The maximum absolute atomic E-state index is 10.8. The van der Waals surface area contributed by atoms with Gasteiger partial charge in [0.15, 0.2) is 0 Å². The summed E-state index contributed by atoms with van der Waals surface area (Å²) in [6, 6.07) is 0. The number of aryl methyl sites for hydroxylation is 1. The van der Waals surface area contributed by atoms with Crippen LogP contribution >= 0.6 is 0 Å². The molecule has 8 nitrogen and oxygen atoms in total. The molecule has 0 aliphatic carbocycles. The van der Waals surface area contributed by atoms with E-state index in [1.54, 1.807) is 14.1 Å². The molecule has 0 aromatic carbocycles. The van der Waals surface area contributed by atoms with Gasteiger partial charge < -0.3 is 4.90 Å². The zero-order chi connectivity index (χ0) is 11.6. The van der Waals surface area contributed by atoms with Crippen LogP contribution in [0.25, 0.3) is 0 Å². The van der Waals surface area contributed by atoms with Crippen molar-refractivity contribution in [2.24, 2.45) is 5.84 Å². The Kier molecular flexibility index (Phi) is 3.00. The smallest absolute Gasteiger partial charge is 0.332 e. The van der Waals surface area contributed by atoms with Crippen molar-refractivity contribution in [3.05, 3.63) is 15.8 Å². The number of anilines is 2. The third-order valence-corrected chi connectivity index (χ3v) is 1.78. The molecule has 0 amide bonds. The quantitative estimate of drug-likeness (QED) is 0.413. The highest BCUT2D eigenvalue weighted by Gasteiger charge is 2.23. The Hall–Kier alpha value is -1.96. The summed E-state index contributed by atoms with van der Waals surface area (Å²) in [6.45, 7) is 1.54. The highest BCUT2D eigenvalue weighted by Crippen LogP contribution is 2.27. The van der Waals surface area contributed by atoms with Gasteiger partial charge in [-0.05, 0) is 6.92 Å². The predicted molar refractivity (Wildman–Crippen MR) is 55.6 cm³/mol. The largest absolute Gasteiger partial charge is 0.357 e. The second kappa shape index (κ2) is 4.05. The van der Waals surface area contributed by atoms with Crippen molar-refractivity contribution in [2.75, 3.05) is 24.4 Å². The number of nitrogens with zero attached hydrogens (tertiary/aromatic N) is 4. The second-order valence-electron chi connectivity index (χ2n) is 3.10. The summed E-state index contributed by atoms with van der Waals surface area (Å²) in [6.07, 6.45) is 0. The lowest BCUT2D eigenvalue weighted by Crippen LogP contribution is -2.18. The van der Waals surface area contributed by atoms with Crippen LogP contribution in [0.5, 0.6) is 0 Å². The number of hydrogen-bond donors (Lipinski definition) is 2. The summed E-state index contributed by atoms with van der Waals surface area (Å²) in [5, 5.41) is 10.8. The Balaban J connectivity index is 3.42. The Morgan fingerprint density at radius 3 is 2.47 bits per heavy atom. The minimum Gasteiger partial charge on any atom is -0.357 e. The number of hydrazine groups is 1. The molecule has 0 fully saturated rings. The molecule has 0 unspecified atom stereocenters. The van der Waals surface area contributed by atoms with E-state index in [9.17, 15) is 10.1 Å². The number of hydrogen-bond acceptors (Lipinski definition) is 7. The van der Waals surface area contributed by atoms with Crippen molar-refractivity contribution in [3.8, 4) is 0 Å². The van der Waals surface area contributed by atoms with Gasteiger partial charge in [0.25, 0.3) is 0 Å². The Bertz CT molecular complexity index is 391. The minimum absolute atomic E-state index is 0.112. The molecule has 0 atom stereocenters. The Morgan fingerprint density at radius 2 is 2.07 bits per heavy atom. The molecule has 0 saturated heterocycles. The van der Waals surface area contributed by atoms with E-state index in [1.807, 2.05) is 0 Å². The zero-order valence-electron chi connectivity index (χ0n) is 8.68. The molecule has 3 N–H and O–H groups in total. The van der Waals surface area contributed by atoms with Gasteiger partial charge in [0.05, 0.1) is 4.92 Å². The first-order chi connectivity index (χ1) is 6.97. The topological polar surface area (TPSA) is 110 Å². The molecule has 1 rings (SSSR count). The van der Waals surface area contributed by atoms with E-state index in [4.69, 9.17) is 5.84 Å². The monoisotopic (exact) mass is 212 g/mol. The number of nitro groups is 1. The van der Waals surface area contributed by atoms with Crippen LogP contribution in [0.1, 0.15) is 5.69 Å². The van der Waals surface area contributed by atoms with Crippen LogP contribution in [0.15, 0.2) is 0 Å². The van der Waals surface area contributed by atoms with Gasteiger partial charge in [0.1, 0.15) is 5.69 Å². The van der Waals surface area contributed by atoms with E-state index in [2.05, 4.69) is 15.4 Å². The van der Waals surface area contributed by atoms with Crippen LogP contribution in [-0.4, -0.2) is 29.0 Å². The lowest BCUT2D eigenvalue weighted by atomic mass is 10.3. The zero-order valence-corrected chi connectivity index (χ0v) is 8.68. The van der Waals surface area contributed by atoms with Gasteiger partial charge in [-0.25, -0.2) is 10.8 Å². The summed E-state index contributed by atoms with van der Waals surface area (Å²) < 4.78 is 0.